The maximum absolute atomic E-state index is 11.4. The third kappa shape index (κ3) is 2.91. The van der Waals surface area contributed by atoms with Crippen molar-refractivity contribution in [3.05, 3.63) is 20.8 Å². The van der Waals surface area contributed by atoms with Gasteiger partial charge in [-0.2, -0.15) is 0 Å². The predicted octanol–water partition coefficient (Wildman–Crippen LogP) is -1.33. The number of hydrogen-bond donors (Lipinski definition) is 3. The molecule has 0 aliphatic carbocycles. The maximum atomic E-state index is 11.4. The molecule has 0 amide bonds. The molecule has 0 fully saturated rings. The fourth-order valence-electron chi connectivity index (χ4n) is 1.27. The van der Waals surface area contributed by atoms with Crippen LogP contribution in [0.25, 0.3) is 0 Å². The van der Waals surface area contributed by atoms with Gasteiger partial charge in [0, 0.05) is 13.1 Å². The number of anilines is 1. The normalized spacial score (nSPS) is 10.3. The van der Waals surface area contributed by atoms with Gasteiger partial charge in [0.2, 0.25) is 5.82 Å². The van der Waals surface area contributed by atoms with Crippen LogP contribution in [0.5, 0.6) is 0 Å². The Bertz CT molecular complexity index is 405. The third-order valence-electron chi connectivity index (χ3n) is 1.86. The van der Waals surface area contributed by atoms with Gasteiger partial charge in [-0.1, -0.05) is 6.92 Å². The Kier molecular flexibility index (Phi) is 4.04. The standard InChI is InChI=1S/C8H14N4O3/c1-2-3-12(4-5-13)6-7(14)9-8(15)11-10-6/h13H,2-5H2,1H3,(H2,9,11,14,15). The summed E-state index contributed by atoms with van der Waals surface area (Å²) in [6.45, 7) is 2.79. The van der Waals surface area contributed by atoms with Gasteiger partial charge in [-0.05, 0) is 6.42 Å². The van der Waals surface area contributed by atoms with Crippen LogP contribution in [0.15, 0.2) is 9.59 Å². The van der Waals surface area contributed by atoms with E-state index in [1.165, 1.54) is 0 Å². The number of nitrogens with zero attached hydrogens (tertiary/aromatic N) is 2. The fourth-order valence-corrected chi connectivity index (χ4v) is 1.27. The van der Waals surface area contributed by atoms with E-state index in [0.717, 1.165) is 6.42 Å². The molecule has 1 aromatic heterocycles. The van der Waals surface area contributed by atoms with Crippen LogP contribution in [0.2, 0.25) is 0 Å². The van der Waals surface area contributed by atoms with Crippen LogP contribution in [-0.2, 0) is 0 Å². The van der Waals surface area contributed by atoms with E-state index in [4.69, 9.17) is 5.11 Å². The van der Waals surface area contributed by atoms with Gasteiger partial charge in [0.25, 0.3) is 5.56 Å². The molecule has 7 nitrogen and oxygen atoms in total. The third-order valence-corrected chi connectivity index (χ3v) is 1.86. The van der Waals surface area contributed by atoms with Crippen LogP contribution in [0.4, 0.5) is 5.82 Å². The Morgan fingerprint density at radius 2 is 2.13 bits per heavy atom. The summed E-state index contributed by atoms with van der Waals surface area (Å²) in [5.74, 6) is 0.130. The van der Waals surface area contributed by atoms with Crippen LogP contribution in [0.3, 0.4) is 0 Å². The summed E-state index contributed by atoms with van der Waals surface area (Å²) >= 11 is 0. The van der Waals surface area contributed by atoms with Gasteiger partial charge in [0.15, 0.2) is 0 Å². The zero-order valence-corrected chi connectivity index (χ0v) is 8.49. The van der Waals surface area contributed by atoms with Gasteiger partial charge in [0.1, 0.15) is 0 Å². The first kappa shape index (κ1) is 11.4. The highest BCUT2D eigenvalue weighted by atomic mass is 16.3. The number of nitrogens with one attached hydrogen (secondary N) is 2. The van der Waals surface area contributed by atoms with Crippen molar-refractivity contribution in [2.24, 2.45) is 0 Å². The van der Waals surface area contributed by atoms with Crippen LogP contribution in [-0.4, -0.2) is 40.0 Å². The van der Waals surface area contributed by atoms with Crippen molar-refractivity contribution in [1.82, 2.24) is 15.2 Å². The van der Waals surface area contributed by atoms with Crippen molar-refractivity contribution in [3.63, 3.8) is 0 Å². The molecule has 0 aromatic carbocycles. The lowest BCUT2D eigenvalue weighted by molar-refractivity contribution is 0.301. The van der Waals surface area contributed by atoms with E-state index in [2.05, 4.69) is 15.2 Å². The van der Waals surface area contributed by atoms with E-state index in [0.29, 0.717) is 13.1 Å². The Morgan fingerprint density at radius 1 is 1.40 bits per heavy atom. The molecule has 0 saturated carbocycles. The summed E-state index contributed by atoms with van der Waals surface area (Å²) in [5, 5.41) is 14.6. The van der Waals surface area contributed by atoms with Crippen molar-refractivity contribution < 1.29 is 5.11 Å². The Morgan fingerprint density at radius 3 is 2.67 bits per heavy atom. The lowest BCUT2D eigenvalue weighted by Gasteiger charge is -2.19. The zero-order chi connectivity index (χ0) is 11.3. The first-order valence-corrected chi connectivity index (χ1v) is 4.73. The molecule has 0 aliphatic heterocycles. The van der Waals surface area contributed by atoms with Gasteiger partial charge in [-0.25, -0.2) is 9.89 Å². The van der Waals surface area contributed by atoms with E-state index < -0.39 is 11.2 Å². The number of aliphatic hydroxyl groups is 1. The minimum absolute atomic E-state index is 0.0692. The fraction of sp³-hybridized carbons (Fsp3) is 0.625. The van der Waals surface area contributed by atoms with Gasteiger partial charge >= 0.3 is 5.69 Å². The van der Waals surface area contributed by atoms with Crippen molar-refractivity contribution in [3.8, 4) is 0 Å². The second kappa shape index (κ2) is 5.30. The largest absolute Gasteiger partial charge is 0.395 e. The molecule has 1 rings (SSSR count). The number of aromatic amines is 2. The quantitative estimate of drug-likeness (QED) is 0.563. The summed E-state index contributed by atoms with van der Waals surface area (Å²) in [7, 11) is 0. The average molecular weight is 214 g/mol. The highest BCUT2D eigenvalue weighted by molar-refractivity contribution is 5.33. The number of hydrogen-bond acceptors (Lipinski definition) is 5. The van der Waals surface area contributed by atoms with Gasteiger partial charge in [0.05, 0.1) is 6.61 Å². The summed E-state index contributed by atoms with van der Waals surface area (Å²) < 4.78 is 0. The number of rotatable bonds is 5. The summed E-state index contributed by atoms with van der Waals surface area (Å²) in [4.78, 5) is 25.8. The molecule has 3 N–H and O–H groups in total. The molecule has 0 saturated heterocycles. The molecule has 0 unspecified atom stereocenters. The lowest BCUT2D eigenvalue weighted by Crippen LogP contribution is -2.36. The van der Waals surface area contributed by atoms with Crippen molar-refractivity contribution in [1.29, 1.82) is 0 Å². The van der Waals surface area contributed by atoms with E-state index >= 15 is 0 Å². The smallest absolute Gasteiger partial charge is 0.342 e. The number of H-pyrrole nitrogens is 2. The van der Waals surface area contributed by atoms with Crippen molar-refractivity contribution in [2.45, 2.75) is 13.3 Å². The summed E-state index contributed by atoms with van der Waals surface area (Å²) in [5.41, 5.74) is -1.18. The molecule has 0 aliphatic rings. The SMILES string of the molecule is CCCN(CCO)c1n[nH]c(=O)[nH]c1=O. The van der Waals surface area contributed by atoms with Crippen molar-refractivity contribution >= 4 is 5.82 Å². The molecule has 0 bridgehead atoms. The van der Waals surface area contributed by atoms with Crippen LogP contribution in [0, 0.1) is 0 Å². The van der Waals surface area contributed by atoms with Gasteiger partial charge in [-0.15, -0.1) is 5.10 Å². The summed E-state index contributed by atoms with van der Waals surface area (Å²) in [6, 6.07) is 0. The number of aromatic nitrogens is 3. The summed E-state index contributed by atoms with van der Waals surface area (Å²) in [6.07, 6.45) is 0.820. The molecule has 84 valence electrons. The van der Waals surface area contributed by atoms with Crippen LogP contribution >= 0.6 is 0 Å². The molecular weight excluding hydrogens is 200 g/mol. The molecular formula is C8H14N4O3. The topological polar surface area (TPSA) is 102 Å². The van der Waals surface area contributed by atoms with Gasteiger partial charge < -0.3 is 10.0 Å². The first-order valence-electron chi connectivity index (χ1n) is 4.73. The van der Waals surface area contributed by atoms with Crippen molar-refractivity contribution in [2.75, 3.05) is 24.6 Å². The van der Waals surface area contributed by atoms with E-state index in [1.807, 2.05) is 6.92 Å². The highest BCUT2D eigenvalue weighted by Crippen LogP contribution is 2.00. The molecule has 1 aromatic rings. The second-order valence-corrected chi connectivity index (χ2v) is 3.04. The van der Waals surface area contributed by atoms with E-state index in [9.17, 15) is 9.59 Å². The Labute approximate surface area is 85.8 Å². The molecule has 0 spiro atoms. The van der Waals surface area contributed by atoms with Crippen LogP contribution < -0.4 is 16.1 Å². The molecule has 7 heteroatoms. The molecule has 0 atom stereocenters. The monoisotopic (exact) mass is 214 g/mol. The predicted molar refractivity (Wildman–Crippen MR) is 55.1 cm³/mol. The molecule has 0 radical (unpaired) electrons. The van der Waals surface area contributed by atoms with Gasteiger partial charge in [-0.3, -0.25) is 9.78 Å². The number of aliphatic hydroxyl groups excluding tert-OH is 1. The van der Waals surface area contributed by atoms with E-state index in [1.54, 1.807) is 4.90 Å². The zero-order valence-electron chi connectivity index (χ0n) is 8.49. The first-order chi connectivity index (χ1) is 7.19. The average Bonchev–Trinajstić information content (AvgIpc) is 2.17. The minimum atomic E-state index is -0.635. The Balaban J connectivity index is 3.00. The second-order valence-electron chi connectivity index (χ2n) is 3.04. The van der Waals surface area contributed by atoms with E-state index in [-0.39, 0.29) is 12.4 Å². The maximum Gasteiger partial charge on any atom is 0.342 e. The molecule has 1 heterocycles. The molecule has 15 heavy (non-hydrogen) atoms. The Hall–Kier alpha value is -1.63. The minimum Gasteiger partial charge on any atom is -0.395 e. The highest BCUT2D eigenvalue weighted by Gasteiger charge is 2.10. The van der Waals surface area contributed by atoms with Crippen LogP contribution in [0.1, 0.15) is 13.3 Å². The lowest BCUT2D eigenvalue weighted by atomic mass is 10.4.